The molecule has 7 nitrogen and oxygen atoms in total. The Morgan fingerprint density at radius 3 is 2.33 bits per heavy atom. The first-order chi connectivity index (χ1) is 12.6. The Bertz CT molecular complexity index is 494. The second-order valence-electron chi connectivity index (χ2n) is 7.66. The average Bonchev–Trinajstić information content (AvgIpc) is 2.62. The molecule has 1 atom stereocenters. The fourth-order valence-corrected chi connectivity index (χ4v) is 4.14. The lowest BCUT2D eigenvalue weighted by Crippen LogP contribution is -2.48. The number of hydrogen-bond acceptors (Lipinski definition) is 3. The maximum absolute atomic E-state index is 12.0. The van der Waals surface area contributed by atoms with Gasteiger partial charge in [-0.2, -0.15) is 0 Å². The molecule has 27 heavy (non-hydrogen) atoms. The minimum Gasteiger partial charge on any atom is -0.370 e. The van der Waals surface area contributed by atoms with E-state index in [4.69, 9.17) is 5.73 Å². The van der Waals surface area contributed by atoms with E-state index < -0.39 is 0 Å². The van der Waals surface area contributed by atoms with Gasteiger partial charge in [-0.05, 0) is 37.5 Å². The highest BCUT2D eigenvalue weighted by atomic mass is 127. The van der Waals surface area contributed by atoms with Crippen molar-refractivity contribution in [3.05, 3.63) is 0 Å². The molecule has 2 amide bonds. The van der Waals surface area contributed by atoms with Crippen molar-refractivity contribution in [1.82, 2.24) is 15.5 Å². The van der Waals surface area contributed by atoms with Crippen molar-refractivity contribution in [2.24, 2.45) is 22.6 Å². The molecule has 0 aromatic rings. The van der Waals surface area contributed by atoms with Crippen molar-refractivity contribution >= 4 is 41.8 Å². The monoisotopic (exact) mass is 493 g/mol. The lowest BCUT2D eigenvalue weighted by molar-refractivity contribution is -0.122. The van der Waals surface area contributed by atoms with Crippen LogP contribution in [-0.4, -0.2) is 55.9 Å². The van der Waals surface area contributed by atoms with Crippen LogP contribution in [0.5, 0.6) is 0 Å². The molecule has 1 unspecified atom stereocenters. The van der Waals surface area contributed by atoms with Crippen LogP contribution in [0.1, 0.15) is 57.8 Å². The molecule has 156 valence electrons. The Morgan fingerprint density at radius 2 is 1.67 bits per heavy atom. The van der Waals surface area contributed by atoms with Gasteiger partial charge in [0.1, 0.15) is 0 Å². The molecule has 1 aliphatic heterocycles. The number of amides is 2. The number of nitrogens with one attached hydrogen (secondary N) is 2. The number of hydrogen-bond donors (Lipinski definition) is 3. The van der Waals surface area contributed by atoms with Gasteiger partial charge in [0.05, 0.1) is 0 Å². The fourth-order valence-electron chi connectivity index (χ4n) is 4.14. The normalized spacial score (nSPS) is 21.3. The van der Waals surface area contributed by atoms with Crippen LogP contribution in [0.15, 0.2) is 4.99 Å². The van der Waals surface area contributed by atoms with Crippen molar-refractivity contribution < 1.29 is 9.59 Å². The van der Waals surface area contributed by atoms with Gasteiger partial charge < -0.3 is 21.3 Å². The molecule has 2 rings (SSSR count). The molecule has 0 bridgehead atoms. The minimum absolute atomic E-state index is 0. The van der Waals surface area contributed by atoms with Crippen LogP contribution < -0.4 is 16.4 Å². The molecule has 2 fully saturated rings. The number of likely N-dealkylation sites (tertiary alicyclic amines) is 1. The van der Waals surface area contributed by atoms with Crippen molar-refractivity contribution in [3.63, 3.8) is 0 Å². The van der Waals surface area contributed by atoms with Gasteiger partial charge in [-0.25, -0.2) is 0 Å². The number of halogens is 1. The third kappa shape index (κ3) is 9.12. The van der Waals surface area contributed by atoms with E-state index in [9.17, 15) is 9.59 Å². The van der Waals surface area contributed by atoms with Crippen LogP contribution >= 0.6 is 24.0 Å². The molecule has 2 aliphatic rings. The van der Waals surface area contributed by atoms with E-state index >= 15 is 0 Å². The van der Waals surface area contributed by atoms with Crippen LogP contribution in [0.4, 0.5) is 0 Å². The molecule has 4 N–H and O–H groups in total. The van der Waals surface area contributed by atoms with Crippen molar-refractivity contribution in [2.75, 3.05) is 33.2 Å². The van der Waals surface area contributed by atoms with E-state index in [-0.39, 0.29) is 35.8 Å². The predicted molar refractivity (Wildman–Crippen MR) is 119 cm³/mol. The molecule has 1 heterocycles. The number of carbonyl (C=O) groups is 2. The van der Waals surface area contributed by atoms with E-state index in [0.717, 1.165) is 31.9 Å². The summed E-state index contributed by atoms with van der Waals surface area (Å²) in [5.74, 6) is 1.63. The van der Waals surface area contributed by atoms with Crippen LogP contribution in [0.25, 0.3) is 0 Å². The van der Waals surface area contributed by atoms with Gasteiger partial charge in [0, 0.05) is 46.1 Å². The molecule has 1 saturated heterocycles. The summed E-state index contributed by atoms with van der Waals surface area (Å²) in [6.45, 7) is 2.99. The standard InChI is InChI=1S/C19H35N5O2.HI/c1-21-19(24-11-5-8-16(14-24)12-17(20)25)23-10-9-22-18(26)13-15-6-3-2-4-7-15;/h15-16H,2-14H2,1H3,(H2,20,25)(H,21,23)(H,22,26);1H. The fraction of sp³-hybridized carbons (Fsp3) is 0.842. The summed E-state index contributed by atoms with van der Waals surface area (Å²) in [5.41, 5.74) is 5.33. The summed E-state index contributed by atoms with van der Waals surface area (Å²) >= 11 is 0. The zero-order valence-electron chi connectivity index (χ0n) is 16.5. The quantitative estimate of drug-likeness (QED) is 0.218. The number of carbonyl (C=O) groups excluding carboxylic acids is 2. The maximum atomic E-state index is 12.0. The smallest absolute Gasteiger partial charge is 0.220 e. The summed E-state index contributed by atoms with van der Waals surface area (Å²) in [4.78, 5) is 29.7. The minimum atomic E-state index is -0.236. The number of guanidine groups is 1. The number of piperidine rings is 1. The van der Waals surface area contributed by atoms with Gasteiger partial charge in [0.15, 0.2) is 5.96 Å². The first-order valence-electron chi connectivity index (χ1n) is 10.1. The zero-order valence-corrected chi connectivity index (χ0v) is 18.9. The SMILES string of the molecule is CN=C(NCCNC(=O)CC1CCCCC1)N1CCCC(CC(N)=O)C1.I. The Balaban J connectivity index is 0.00000364. The third-order valence-corrected chi connectivity index (χ3v) is 5.45. The molecule has 0 radical (unpaired) electrons. The Hall–Kier alpha value is -1.06. The topological polar surface area (TPSA) is 99.8 Å². The molecule has 1 saturated carbocycles. The van der Waals surface area contributed by atoms with E-state index in [1.807, 2.05) is 0 Å². The van der Waals surface area contributed by atoms with Crippen molar-refractivity contribution in [2.45, 2.75) is 57.8 Å². The second-order valence-corrected chi connectivity index (χ2v) is 7.66. The lowest BCUT2D eigenvalue weighted by atomic mass is 9.87. The lowest BCUT2D eigenvalue weighted by Gasteiger charge is -2.34. The van der Waals surface area contributed by atoms with Gasteiger partial charge in [0.25, 0.3) is 0 Å². The van der Waals surface area contributed by atoms with E-state index in [2.05, 4.69) is 20.5 Å². The van der Waals surface area contributed by atoms with Crippen LogP contribution in [0, 0.1) is 11.8 Å². The first kappa shape index (κ1) is 24.0. The largest absolute Gasteiger partial charge is 0.370 e. The van der Waals surface area contributed by atoms with E-state index in [1.54, 1.807) is 7.05 Å². The number of rotatable bonds is 7. The zero-order chi connectivity index (χ0) is 18.8. The maximum Gasteiger partial charge on any atom is 0.220 e. The Morgan fingerprint density at radius 1 is 1.00 bits per heavy atom. The van der Waals surface area contributed by atoms with E-state index in [0.29, 0.717) is 37.8 Å². The predicted octanol–water partition coefficient (Wildman–Crippen LogP) is 1.85. The van der Waals surface area contributed by atoms with E-state index in [1.165, 1.54) is 32.1 Å². The summed E-state index contributed by atoms with van der Waals surface area (Å²) < 4.78 is 0. The Labute approximate surface area is 180 Å². The molecular weight excluding hydrogens is 457 g/mol. The summed E-state index contributed by atoms with van der Waals surface area (Å²) in [5, 5.41) is 6.33. The van der Waals surface area contributed by atoms with Crippen LogP contribution in [0.2, 0.25) is 0 Å². The summed E-state index contributed by atoms with van der Waals surface area (Å²) in [6.07, 6.45) is 9.41. The molecule has 0 aromatic heterocycles. The number of aliphatic imine (C=N–C) groups is 1. The van der Waals surface area contributed by atoms with Gasteiger partial charge in [-0.3, -0.25) is 14.6 Å². The summed E-state index contributed by atoms with van der Waals surface area (Å²) in [7, 11) is 1.77. The first-order valence-corrected chi connectivity index (χ1v) is 10.1. The van der Waals surface area contributed by atoms with Crippen molar-refractivity contribution in [1.29, 1.82) is 0 Å². The average molecular weight is 493 g/mol. The molecule has 1 aliphatic carbocycles. The van der Waals surface area contributed by atoms with Gasteiger partial charge in [-0.15, -0.1) is 24.0 Å². The van der Waals surface area contributed by atoms with Gasteiger partial charge in [0.2, 0.25) is 11.8 Å². The third-order valence-electron chi connectivity index (χ3n) is 5.45. The summed E-state index contributed by atoms with van der Waals surface area (Å²) in [6, 6.07) is 0. The number of primary amides is 1. The number of nitrogens with two attached hydrogens (primary N) is 1. The molecule has 0 aromatic carbocycles. The van der Waals surface area contributed by atoms with Gasteiger partial charge >= 0.3 is 0 Å². The molecular formula is C19H36IN5O2. The van der Waals surface area contributed by atoms with Crippen LogP contribution in [-0.2, 0) is 9.59 Å². The molecule has 8 heteroatoms. The van der Waals surface area contributed by atoms with Crippen LogP contribution in [0.3, 0.4) is 0 Å². The Kier molecular flexibility index (Phi) is 11.7. The highest BCUT2D eigenvalue weighted by molar-refractivity contribution is 14.0. The number of nitrogens with zero attached hydrogens (tertiary/aromatic N) is 2. The van der Waals surface area contributed by atoms with Crippen molar-refractivity contribution in [3.8, 4) is 0 Å². The second kappa shape index (κ2) is 13.2. The van der Waals surface area contributed by atoms with Gasteiger partial charge in [-0.1, -0.05) is 19.3 Å². The highest BCUT2D eigenvalue weighted by Gasteiger charge is 2.23. The molecule has 0 spiro atoms. The highest BCUT2D eigenvalue weighted by Crippen LogP contribution is 2.26.